The molecule has 0 saturated heterocycles. The van der Waals surface area contributed by atoms with Crippen molar-refractivity contribution in [1.29, 1.82) is 0 Å². The third-order valence-electron chi connectivity index (χ3n) is 1.69. The van der Waals surface area contributed by atoms with E-state index < -0.39 is 0 Å². The van der Waals surface area contributed by atoms with Gasteiger partial charge in [-0.05, 0) is 12.5 Å². The zero-order valence-electron chi connectivity index (χ0n) is 8.77. The molecular formula is C10H15N3O2. The zero-order valence-corrected chi connectivity index (χ0v) is 8.77. The number of carbonyl (C=O) groups is 1. The molecule has 0 radical (unpaired) electrons. The van der Waals surface area contributed by atoms with Crippen LogP contribution in [0.3, 0.4) is 0 Å². The van der Waals surface area contributed by atoms with Crippen LogP contribution in [-0.4, -0.2) is 29.1 Å². The Labute approximate surface area is 88.9 Å². The molecule has 1 aromatic rings. The molecule has 0 saturated carbocycles. The quantitative estimate of drug-likeness (QED) is 0.694. The molecule has 0 unspecified atom stereocenters. The van der Waals surface area contributed by atoms with Crippen molar-refractivity contribution in [3.05, 3.63) is 24.3 Å². The molecule has 15 heavy (non-hydrogen) atoms. The van der Waals surface area contributed by atoms with E-state index in [0.29, 0.717) is 13.2 Å². The summed E-state index contributed by atoms with van der Waals surface area (Å²) in [5, 5.41) is 2.70. The number of nitrogens with zero attached hydrogens (tertiary/aromatic N) is 2. The predicted molar refractivity (Wildman–Crippen MR) is 55.0 cm³/mol. The van der Waals surface area contributed by atoms with Crippen LogP contribution in [0, 0.1) is 0 Å². The molecule has 0 fully saturated rings. The Hall–Kier alpha value is -1.49. The summed E-state index contributed by atoms with van der Waals surface area (Å²) in [5.41, 5.74) is 0.786. The smallest absolute Gasteiger partial charge is 0.246 e. The Kier molecular flexibility index (Phi) is 5.32. The third-order valence-corrected chi connectivity index (χ3v) is 1.69. The molecule has 5 nitrogen and oxygen atoms in total. The van der Waals surface area contributed by atoms with E-state index in [2.05, 4.69) is 15.3 Å². The Morgan fingerprint density at radius 1 is 1.60 bits per heavy atom. The average molecular weight is 209 g/mol. The van der Waals surface area contributed by atoms with Crippen molar-refractivity contribution in [2.45, 2.75) is 19.9 Å². The minimum absolute atomic E-state index is 0.110. The topological polar surface area (TPSA) is 64.1 Å². The summed E-state index contributed by atoms with van der Waals surface area (Å²) < 4.78 is 5.09. The maximum atomic E-state index is 11.2. The van der Waals surface area contributed by atoms with E-state index >= 15 is 0 Å². The second-order valence-electron chi connectivity index (χ2n) is 3.03. The number of hydrogen-bond acceptors (Lipinski definition) is 4. The van der Waals surface area contributed by atoms with Crippen LogP contribution in [-0.2, 0) is 16.1 Å². The first kappa shape index (κ1) is 11.6. The molecule has 0 aliphatic rings. The van der Waals surface area contributed by atoms with Crippen LogP contribution in [0.15, 0.2) is 18.6 Å². The third kappa shape index (κ3) is 5.07. The number of rotatable bonds is 6. The van der Waals surface area contributed by atoms with Crippen LogP contribution in [0.5, 0.6) is 0 Å². The van der Waals surface area contributed by atoms with Gasteiger partial charge in [-0.25, -0.2) is 9.97 Å². The lowest BCUT2D eigenvalue weighted by Crippen LogP contribution is -2.27. The van der Waals surface area contributed by atoms with Crippen LogP contribution < -0.4 is 5.32 Å². The second kappa shape index (κ2) is 6.89. The molecular weight excluding hydrogens is 194 g/mol. The maximum absolute atomic E-state index is 11.2. The van der Waals surface area contributed by atoms with E-state index in [1.807, 2.05) is 6.92 Å². The Morgan fingerprint density at radius 3 is 3.13 bits per heavy atom. The molecule has 1 rings (SSSR count). The van der Waals surface area contributed by atoms with Gasteiger partial charge in [0.2, 0.25) is 5.91 Å². The summed E-state index contributed by atoms with van der Waals surface area (Å²) in [7, 11) is 0. The average Bonchev–Trinajstić information content (AvgIpc) is 2.28. The lowest BCUT2D eigenvalue weighted by molar-refractivity contribution is -0.125. The number of nitrogens with one attached hydrogen (secondary N) is 1. The van der Waals surface area contributed by atoms with Gasteiger partial charge in [-0.15, -0.1) is 0 Å². The van der Waals surface area contributed by atoms with Gasteiger partial charge < -0.3 is 10.1 Å². The van der Waals surface area contributed by atoms with Crippen molar-refractivity contribution >= 4 is 5.91 Å². The minimum Gasteiger partial charge on any atom is -0.372 e. The van der Waals surface area contributed by atoms with E-state index in [0.717, 1.165) is 12.1 Å². The molecule has 1 N–H and O–H groups in total. The highest BCUT2D eigenvalue weighted by atomic mass is 16.5. The van der Waals surface area contributed by atoms with Crippen molar-refractivity contribution in [3.63, 3.8) is 0 Å². The van der Waals surface area contributed by atoms with Gasteiger partial charge in [-0.1, -0.05) is 6.92 Å². The van der Waals surface area contributed by atoms with Crippen LogP contribution in [0.25, 0.3) is 0 Å². The first-order valence-electron chi connectivity index (χ1n) is 4.92. The Morgan fingerprint density at radius 2 is 2.47 bits per heavy atom. The second-order valence-corrected chi connectivity index (χ2v) is 3.03. The SMILES string of the molecule is CCCOCC(=O)NCc1ccncn1. The fraction of sp³-hybridized carbons (Fsp3) is 0.500. The van der Waals surface area contributed by atoms with Gasteiger partial charge in [-0.2, -0.15) is 0 Å². The highest BCUT2D eigenvalue weighted by Gasteiger charge is 2.00. The first-order valence-corrected chi connectivity index (χ1v) is 4.92. The van der Waals surface area contributed by atoms with E-state index in [1.54, 1.807) is 12.3 Å². The number of aromatic nitrogens is 2. The molecule has 0 atom stereocenters. The maximum Gasteiger partial charge on any atom is 0.246 e. The monoisotopic (exact) mass is 209 g/mol. The number of hydrogen-bond donors (Lipinski definition) is 1. The highest BCUT2D eigenvalue weighted by Crippen LogP contribution is 1.89. The fourth-order valence-corrected chi connectivity index (χ4v) is 0.972. The van der Waals surface area contributed by atoms with Crippen molar-refractivity contribution in [1.82, 2.24) is 15.3 Å². The molecule has 1 aromatic heterocycles. The normalized spacial score (nSPS) is 9.93. The van der Waals surface area contributed by atoms with E-state index in [4.69, 9.17) is 4.74 Å². The lowest BCUT2D eigenvalue weighted by Gasteiger charge is -2.04. The largest absolute Gasteiger partial charge is 0.372 e. The molecule has 1 amide bonds. The van der Waals surface area contributed by atoms with Gasteiger partial charge in [0.1, 0.15) is 12.9 Å². The van der Waals surface area contributed by atoms with E-state index in [1.165, 1.54) is 6.33 Å². The summed E-state index contributed by atoms with van der Waals surface area (Å²) in [6.45, 7) is 3.13. The van der Waals surface area contributed by atoms with Crippen LogP contribution >= 0.6 is 0 Å². The van der Waals surface area contributed by atoms with Crippen LogP contribution in [0.2, 0.25) is 0 Å². The molecule has 0 aromatic carbocycles. The Bertz CT molecular complexity index is 290. The van der Waals surface area contributed by atoms with Gasteiger partial charge in [0.05, 0.1) is 12.2 Å². The number of ether oxygens (including phenoxy) is 1. The van der Waals surface area contributed by atoms with Gasteiger partial charge in [0, 0.05) is 12.8 Å². The minimum atomic E-state index is -0.123. The van der Waals surface area contributed by atoms with E-state index in [9.17, 15) is 4.79 Å². The van der Waals surface area contributed by atoms with Gasteiger partial charge in [0.25, 0.3) is 0 Å². The summed E-state index contributed by atoms with van der Waals surface area (Å²) in [6.07, 6.45) is 4.01. The standard InChI is InChI=1S/C10H15N3O2/c1-2-5-15-7-10(14)12-6-9-3-4-11-8-13-9/h3-4,8H,2,5-7H2,1H3,(H,12,14). The van der Waals surface area contributed by atoms with Crippen molar-refractivity contribution in [2.24, 2.45) is 0 Å². The van der Waals surface area contributed by atoms with Gasteiger partial charge in [-0.3, -0.25) is 4.79 Å². The molecule has 0 spiro atoms. The molecule has 1 heterocycles. The van der Waals surface area contributed by atoms with Gasteiger partial charge >= 0.3 is 0 Å². The number of amides is 1. The van der Waals surface area contributed by atoms with Crippen LogP contribution in [0.4, 0.5) is 0 Å². The van der Waals surface area contributed by atoms with Crippen molar-refractivity contribution < 1.29 is 9.53 Å². The predicted octanol–water partition coefficient (Wildman–Crippen LogP) is 0.519. The summed E-state index contributed by atoms with van der Waals surface area (Å²) in [4.78, 5) is 19.0. The van der Waals surface area contributed by atoms with Crippen molar-refractivity contribution in [3.8, 4) is 0 Å². The molecule has 5 heteroatoms. The Balaban J connectivity index is 2.17. The lowest BCUT2D eigenvalue weighted by atomic mass is 10.4. The molecule has 0 bridgehead atoms. The summed E-state index contributed by atoms with van der Waals surface area (Å²) >= 11 is 0. The molecule has 82 valence electrons. The summed E-state index contributed by atoms with van der Waals surface area (Å²) in [5.74, 6) is -0.123. The zero-order chi connectivity index (χ0) is 10.9. The molecule has 0 aliphatic carbocycles. The number of carbonyl (C=O) groups excluding carboxylic acids is 1. The first-order chi connectivity index (χ1) is 7.33. The van der Waals surface area contributed by atoms with E-state index in [-0.39, 0.29) is 12.5 Å². The van der Waals surface area contributed by atoms with Crippen molar-refractivity contribution in [2.75, 3.05) is 13.2 Å². The van der Waals surface area contributed by atoms with Gasteiger partial charge in [0.15, 0.2) is 0 Å². The summed E-state index contributed by atoms with van der Waals surface area (Å²) in [6, 6.07) is 1.76. The highest BCUT2D eigenvalue weighted by molar-refractivity contribution is 5.77. The fourth-order valence-electron chi connectivity index (χ4n) is 0.972. The molecule has 0 aliphatic heterocycles. The van der Waals surface area contributed by atoms with Crippen LogP contribution in [0.1, 0.15) is 19.0 Å².